The molecule has 1 aromatic rings. The smallest absolute Gasteiger partial charge is 0.313 e. The van der Waals surface area contributed by atoms with E-state index in [0.29, 0.717) is 26.2 Å². The summed E-state index contributed by atoms with van der Waals surface area (Å²) in [7, 11) is 0. The number of carboxylic acids is 1. The van der Waals surface area contributed by atoms with Gasteiger partial charge >= 0.3 is 5.97 Å². The second-order valence-corrected chi connectivity index (χ2v) is 9.32. The molecular formula is C18H25N3O3S. The molecule has 0 spiro atoms. The van der Waals surface area contributed by atoms with Crippen LogP contribution in [0.5, 0.6) is 0 Å². The maximum Gasteiger partial charge on any atom is 0.313 e. The van der Waals surface area contributed by atoms with Crippen molar-refractivity contribution >= 4 is 23.2 Å². The monoisotopic (exact) mass is 363 g/mol. The molecule has 2 saturated heterocycles. The molecule has 0 aromatic carbocycles. The Hall–Kier alpha value is -1.47. The summed E-state index contributed by atoms with van der Waals surface area (Å²) in [6.07, 6.45) is 3.06. The molecule has 1 aliphatic carbocycles. The number of carbonyl (C=O) groups is 2. The van der Waals surface area contributed by atoms with Crippen molar-refractivity contribution in [3.63, 3.8) is 0 Å². The van der Waals surface area contributed by atoms with Gasteiger partial charge in [0.25, 0.3) is 0 Å². The predicted molar refractivity (Wildman–Crippen MR) is 94.3 cm³/mol. The van der Waals surface area contributed by atoms with E-state index in [2.05, 4.69) is 16.8 Å². The molecule has 136 valence electrons. The highest BCUT2D eigenvalue weighted by atomic mass is 32.1. The number of hydrogen-bond donors (Lipinski definition) is 1. The van der Waals surface area contributed by atoms with Crippen molar-refractivity contribution in [2.75, 3.05) is 26.2 Å². The molecule has 3 fully saturated rings. The van der Waals surface area contributed by atoms with Gasteiger partial charge < -0.3 is 10.0 Å². The van der Waals surface area contributed by atoms with Crippen LogP contribution in [0.3, 0.4) is 0 Å². The Morgan fingerprint density at radius 1 is 1.28 bits per heavy atom. The van der Waals surface area contributed by atoms with Crippen LogP contribution in [-0.2, 0) is 16.1 Å². The van der Waals surface area contributed by atoms with E-state index >= 15 is 0 Å². The zero-order chi connectivity index (χ0) is 17.8. The number of rotatable bonds is 4. The Bertz CT molecular complexity index is 714. The SMILES string of the molecule is Cc1nc(CN2C[C@H]3CN(C(=O)C4CCC4)C[C@@]3(C(=O)O)C2)c(C)s1. The lowest BCUT2D eigenvalue weighted by molar-refractivity contribution is -0.149. The van der Waals surface area contributed by atoms with Crippen LogP contribution < -0.4 is 0 Å². The number of aryl methyl sites for hydroxylation is 2. The third-order valence-corrected chi connectivity index (χ3v) is 7.17. The number of fused-ring (bicyclic) bond motifs is 1. The van der Waals surface area contributed by atoms with Gasteiger partial charge in [-0.25, -0.2) is 4.98 Å². The first-order chi connectivity index (χ1) is 11.9. The van der Waals surface area contributed by atoms with Crippen LogP contribution in [0.15, 0.2) is 0 Å². The fraction of sp³-hybridized carbons (Fsp3) is 0.722. The fourth-order valence-electron chi connectivity index (χ4n) is 4.60. The maximum absolute atomic E-state index is 12.6. The van der Waals surface area contributed by atoms with Crippen LogP contribution in [0.1, 0.15) is 34.8 Å². The van der Waals surface area contributed by atoms with Crippen molar-refractivity contribution in [1.29, 1.82) is 0 Å². The first-order valence-electron chi connectivity index (χ1n) is 9.06. The number of carbonyl (C=O) groups excluding carboxylic acids is 1. The summed E-state index contributed by atoms with van der Waals surface area (Å²) >= 11 is 1.69. The molecule has 0 radical (unpaired) electrons. The van der Waals surface area contributed by atoms with Crippen molar-refractivity contribution in [3.05, 3.63) is 15.6 Å². The van der Waals surface area contributed by atoms with Gasteiger partial charge in [0, 0.05) is 49.4 Å². The summed E-state index contributed by atoms with van der Waals surface area (Å²) in [6, 6.07) is 0. The third kappa shape index (κ3) is 2.77. The van der Waals surface area contributed by atoms with Gasteiger partial charge in [-0.2, -0.15) is 0 Å². The van der Waals surface area contributed by atoms with Crippen molar-refractivity contribution < 1.29 is 14.7 Å². The number of carboxylic acid groups (broad SMARTS) is 1. The minimum Gasteiger partial charge on any atom is -0.481 e. The molecule has 1 saturated carbocycles. The summed E-state index contributed by atoms with van der Waals surface area (Å²) in [4.78, 5) is 34.5. The molecule has 0 bridgehead atoms. The Balaban J connectivity index is 1.48. The molecule has 3 aliphatic rings. The van der Waals surface area contributed by atoms with Crippen molar-refractivity contribution in [3.8, 4) is 0 Å². The number of aromatic nitrogens is 1. The normalized spacial score (nSPS) is 29.7. The summed E-state index contributed by atoms with van der Waals surface area (Å²) in [5.41, 5.74) is 0.253. The van der Waals surface area contributed by atoms with Crippen LogP contribution in [0.2, 0.25) is 0 Å². The molecule has 4 rings (SSSR count). The minimum atomic E-state index is -0.807. The number of thiazole rings is 1. The standard InChI is InChI=1S/C18H25N3O3S/c1-11-15(19-12(2)25-11)8-20-6-14-7-21(16(22)13-4-3-5-13)10-18(14,9-20)17(23)24/h13-14H,3-10H2,1-2H3,(H,23,24)/t14-,18-/m0/s1. The number of likely N-dealkylation sites (tertiary alicyclic amines) is 2. The molecular weight excluding hydrogens is 338 g/mol. The molecule has 25 heavy (non-hydrogen) atoms. The third-order valence-electron chi connectivity index (χ3n) is 6.24. The highest BCUT2D eigenvalue weighted by Crippen LogP contribution is 2.44. The van der Waals surface area contributed by atoms with Gasteiger partial charge in [0.2, 0.25) is 5.91 Å². The molecule has 1 amide bonds. The average molecular weight is 363 g/mol. The average Bonchev–Trinajstić information content (AvgIpc) is 3.08. The topological polar surface area (TPSA) is 73.7 Å². The van der Waals surface area contributed by atoms with Crippen LogP contribution in [-0.4, -0.2) is 57.9 Å². The van der Waals surface area contributed by atoms with Crippen LogP contribution in [0.4, 0.5) is 0 Å². The van der Waals surface area contributed by atoms with Gasteiger partial charge in [0.05, 0.1) is 10.7 Å². The van der Waals surface area contributed by atoms with Gasteiger partial charge in [-0.15, -0.1) is 11.3 Å². The molecule has 1 N–H and O–H groups in total. The van der Waals surface area contributed by atoms with Crippen LogP contribution in [0.25, 0.3) is 0 Å². The van der Waals surface area contributed by atoms with Crippen LogP contribution >= 0.6 is 11.3 Å². The van der Waals surface area contributed by atoms with E-state index in [0.717, 1.165) is 36.5 Å². The number of hydrogen-bond acceptors (Lipinski definition) is 5. The predicted octanol–water partition coefficient (Wildman–Crippen LogP) is 1.91. The van der Waals surface area contributed by atoms with Crippen molar-refractivity contribution in [1.82, 2.24) is 14.8 Å². The van der Waals surface area contributed by atoms with Crippen LogP contribution in [0, 0.1) is 31.1 Å². The van der Waals surface area contributed by atoms with E-state index in [-0.39, 0.29) is 17.7 Å². The van der Waals surface area contributed by atoms with Gasteiger partial charge in [-0.1, -0.05) is 6.42 Å². The molecule has 3 heterocycles. The van der Waals surface area contributed by atoms with E-state index in [1.807, 2.05) is 11.8 Å². The summed E-state index contributed by atoms with van der Waals surface area (Å²) < 4.78 is 0. The molecule has 1 aromatic heterocycles. The fourth-order valence-corrected chi connectivity index (χ4v) is 5.43. The zero-order valence-corrected chi connectivity index (χ0v) is 15.6. The lowest BCUT2D eigenvalue weighted by Crippen LogP contribution is -2.44. The summed E-state index contributed by atoms with van der Waals surface area (Å²) in [6.45, 7) is 6.99. The number of nitrogens with zero attached hydrogens (tertiary/aromatic N) is 3. The maximum atomic E-state index is 12.6. The van der Waals surface area contributed by atoms with E-state index in [9.17, 15) is 14.7 Å². The lowest BCUT2D eigenvalue weighted by atomic mass is 9.81. The largest absolute Gasteiger partial charge is 0.481 e. The van der Waals surface area contributed by atoms with Gasteiger partial charge in [0.15, 0.2) is 0 Å². The van der Waals surface area contributed by atoms with E-state index in [1.54, 1.807) is 11.3 Å². The Kier molecular flexibility index (Phi) is 4.11. The number of amides is 1. The molecule has 7 heteroatoms. The van der Waals surface area contributed by atoms with Gasteiger partial charge in [0.1, 0.15) is 5.41 Å². The van der Waals surface area contributed by atoms with Gasteiger partial charge in [-0.05, 0) is 26.7 Å². The molecule has 2 atom stereocenters. The Morgan fingerprint density at radius 2 is 2.04 bits per heavy atom. The Labute approximate surface area is 151 Å². The quantitative estimate of drug-likeness (QED) is 0.884. The highest BCUT2D eigenvalue weighted by molar-refractivity contribution is 7.11. The van der Waals surface area contributed by atoms with E-state index in [1.165, 1.54) is 4.88 Å². The molecule has 0 unspecified atom stereocenters. The summed E-state index contributed by atoms with van der Waals surface area (Å²) in [5.74, 6) is -0.413. The van der Waals surface area contributed by atoms with E-state index < -0.39 is 11.4 Å². The second kappa shape index (κ2) is 6.06. The Morgan fingerprint density at radius 3 is 2.56 bits per heavy atom. The first kappa shape index (κ1) is 17.0. The number of aliphatic carboxylic acids is 1. The van der Waals surface area contributed by atoms with Crippen molar-refractivity contribution in [2.24, 2.45) is 17.3 Å². The zero-order valence-electron chi connectivity index (χ0n) is 14.8. The van der Waals surface area contributed by atoms with Crippen molar-refractivity contribution in [2.45, 2.75) is 39.7 Å². The molecule has 2 aliphatic heterocycles. The lowest BCUT2D eigenvalue weighted by Gasteiger charge is -2.31. The molecule has 6 nitrogen and oxygen atoms in total. The first-order valence-corrected chi connectivity index (χ1v) is 9.88. The minimum absolute atomic E-state index is 0.0223. The second-order valence-electron chi connectivity index (χ2n) is 7.91. The van der Waals surface area contributed by atoms with E-state index in [4.69, 9.17) is 0 Å². The highest BCUT2D eigenvalue weighted by Gasteiger charge is 2.58. The summed E-state index contributed by atoms with van der Waals surface area (Å²) in [5, 5.41) is 11.0. The van der Waals surface area contributed by atoms with Gasteiger partial charge in [-0.3, -0.25) is 14.5 Å².